The van der Waals surface area contributed by atoms with E-state index in [1.807, 2.05) is 0 Å². The normalized spacial score (nSPS) is 10.6. The standard InChI is InChI=1S/C9H5FOS2/c10-9-3-6-7(12)1-5(4-11)2-8(6)13-9/h1-4,12H. The molecule has 66 valence electrons. The molecule has 0 spiro atoms. The summed E-state index contributed by atoms with van der Waals surface area (Å²) in [7, 11) is 0. The number of thiophene rings is 1. The smallest absolute Gasteiger partial charge is 0.177 e. The number of hydrogen-bond acceptors (Lipinski definition) is 3. The maximum absolute atomic E-state index is 12.8. The minimum absolute atomic E-state index is 0.256. The summed E-state index contributed by atoms with van der Waals surface area (Å²) >= 11 is 5.19. The summed E-state index contributed by atoms with van der Waals surface area (Å²) in [5.74, 6) is 0. The third-order valence-electron chi connectivity index (χ3n) is 1.74. The molecular weight excluding hydrogens is 207 g/mol. The van der Waals surface area contributed by atoms with Crippen LogP contribution in [0.15, 0.2) is 23.1 Å². The fourth-order valence-corrected chi connectivity index (χ4v) is 2.45. The van der Waals surface area contributed by atoms with Gasteiger partial charge in [-0.3, -0.25) is 4.79 Å². The van der Waals surface area contributed by atoms with Gasteiger partial charge in [0.25, 0.3) is 0 Å². The highest BCUT2D eigenvalue weighted by Gasteiger charge is 2.05. The van der Waals surface area contributed by atoms with Gasteiger partial charge in [0.15, 0.2) is 5.13 Å². The van der Waals surface area contributed by atoms with Crippen LogP contribution in [0.5, 0.6) is 0 Å². The molecule has 0 amide bonds. The van der Waals surface area contributed by atoms with E-state index < -0.39 is 0 Å². The van der Waals surface area contributed by atoms with Crippen molar-refractivity contribution in [1.82, 2.24) is 0 Å². The third kappa shape index (κ3) is 1.47. The van der Waals surface area contributed by atoms with Gasteiger partial charge >= 0.3 is 0 Å². The summed E-state index contributed by atoms with van der Waals surface area (Å²) in [5.41, 5.74) is 0.527. The molecule has 0 saturated heterocycles. The van der Waals surface area contributed by atoms with Gasteiger partial charge in [-0.1, -0.05) is 0 Å². The monoisotopic (exact) mass is 212 g/mol. The van der Waals surface area contributed by atoms with Crippen LogP contribution < -0.4 is 0 Å². The molecule has 1 nitrogen and oxygen atoms in total. The van der Waals surface area contributed by atoms with Crippen molar-refractivity contribution in [1.29, 1.82) is 0 Å². The van der Waals surface area contributed by atoms with Crippen LogP contribution in [-0.2, 0) is 0 Å². The van der Waals surface area contributed by atoms with Gasteiger partial charge < -0.3 is 0 Å². The van der Waals surface area contributed by atoms with Crippen molar-refractivity contribution in [3.63, 3.8) is 0 Å². The van der Waals surface area contributed by atoms with Crippen LogP contribution >= 0.6 is 24.0 Å². The molecule has 0 atom stereocenters. The van der Waals surface area contributed by atoms with Crippen LogP contribution in [0.1, 0.15) is 10.4 Å². The third-order valence-corrected chi connectivity index (χ3v) is 2.98. The number of rotatable bonds is 1. The summed E-state index contributed by atoms with van der Waals surface area (Å²) in [6.07, 6.45) is 0.733. The van der Waals surface area contributed by atoms with Crippen molar-refractivity contribution in [3.05, 3.63) is 28.9 Å². The fourth-order valence-electron chi connectivity index (χ4n) is 1.18. The Kier molecular flexibility index (Phi) is 2.09. The van der Waals surface area contributed by atoms with Crippen LogP contribution in [0.3, 0.4) is 0 Å². The molecule has 1 heterocycles. The second kappa shape index (κ2) is 3.12. The van der Waals surface area contributed by atoms with Crippen LogP contribution in [0.25, 0.3) is 10.1 Å². The molecule has 0 N–H and O–H groups in total. The maximum Gasteiger partial charge on any atom is 0.177 e. The summed E-state index contributed by atoms with van der Waals surface area (Å²) in [6, 6.07) is 4.72. The van der Waals surface area contributed by atoms with E-state index in [-0.39, 0.29) is 5.13 Å². The van der Waals surface area contributed by atoms with Crippen molar-refractivity contribution < 1.29 is 9.18 Å². The number of halogens is 1. The molecule has 0 fully saturated rings. The largest absolute Gasteiger partial charge is 0.298 e. The van der Waals surface area contributed by atoms with Gasteiger partial charge in [-0.25, -0.2) is 0 Å². The predicted molar refractivity (Wildman–Crippen MR) is 54.4 cm³/mol. The zero-order valence-corrected chi connectivity index (χ0v) is 8.16. The molecule has 1 aromatic carbocycles. The molecule has 2 aromatic rings. The average Bonchev–Trinajstić information content (AvgIpc) is 2.46. The van der Waals surface area contributed by atoms with Crippen molar-refractivity contribution in [2.45, 2.75) is 4.90 Å². The van der Waals surface area contributed by atoms with E-state index in [1.54, 1.807) is 12.1 Å². The predicted octanol–water partition coefficient (Wildman–Crippen LogP) is 3.14. The van der Waals surface area contributed by atoms with Gasteiger partial charge in [-0.05, 0) is 18.2 Å². The SMILES string of the molecule is O=Cc1cc(S)c2cc(F)sc2c1. The highest BCUT2D eigenvalue weighted by atomic mass is 32.1. The highest BCUT2D eigenvalue weighted by Crippen LogP contribution is 2.30. The fraction of sp³-hybridized carbons (Fsp3) is 0. The first-order chi connectivity index (χ1) is 6.20. The summed E-state index contributed by atoms with van der Waals surface area (Å²) in [4.78, 5) is 11.1. The number of benzene rings is 1. The first kappa shape index (κ1) is 8.72. The van der Waals surface area contributed by atoms with E-state index in [9.17, 15) is 9.18 Å². The molecule has 0 bridgehead atoms. The number of aldehydes is 1. The first-order valence-corrected chi connectivity index (χ1v) is 4.84. The topological polar surface area (TPSA) is 17.1 Å². The number of carbonyl (C=O) groups is 1. The zero-order valence-electron chi connectivity index (χ0n) is 6.45. The van der Waals surface area contributed by atoms with E-state index in [4.69, 9.17) is 0 Å². The van der Waals surface area contributed by atoms with Crippen LogP contribution in [0.2, 0.25) is 0 Å². The second-order valence-electron chi connectivity index (χ2n) is 2.62. The Labute approximate surface area is 83.6 Å². The number of hydrogen-bond donors (Lipinski definition) is 1. The van der Waals surface area contributed by atoms with Gasteiger partial charge in [0.05, 0.1) is 0 Å². The van der Waals surface area contributed by atoms with Gasteiger partial charge in [0.1, 0.15) is 6.29 Å². The maximum atomic E-state index is 12.8. The Balaban J connectivity index is 2.82. The summed E-state index contributed by atoms with van der Waals surface area (Å²) in [5, 5.41) is 0.504. The van der Waals surface area contributed by atoms with Crippen molar-refractivity contribution in [3.8, 4) is 0 Å². The summed E-state index contributed by atoms with van der Waals surface area (Å²) in [6.45, 7) is 0. The lowest BCUT2D eigenvalue weighted by Gasteiger charge is -1.95. The van der Waals surface area contributed by atoms with Crippen LogP contribution in [0.4, 0.5) is 4.39 Å². The molecule has 0 aliphatic rings. The van der Waals surface area contributed by atoms with Gasteiger partial charge in [-0.2, -0.15) is 4.39 Å². The lowest BCUT2D eigenvalue weighted by molar-refractivity contribution is 0.112. The Bertz CT molecular complexity index is 476. The van der Waals surface area contributed by atoms with Gasteiger partial charge in [-0.15, -0.1) is 24.0 Å². The highest BCUT2D eigenvalue weighted by molar-refractivity contribution is 7.80. The van der Waals surface area contributed by atoms with E-state index in [1.165, 1.54) is 6.07 Å². The Morgan fingerprint density at radius 3 is 2.85 bits per heavy atom. The lowest BCUT2D eigenvalue weighted by Crippen LogP contribution is -1.78. The second-order valence-corrected chi connectivity index (χ2v) is 4.14. The molecule has 13 heavy (non-hydrogen) atoms. The number of thiol groups is 1. The molecule has 0 unspecified atom stereocenters. The van der Waals surface area contributed by atoms with E-state index in [0.717, 1.165) is 27.7 Å². The van der Waals surface area contributed by atoms with Gasteiger partial charge in [0, 0.05) is 20.5 Å². The Hall–Kier alpha value is -0.870. The molecule has 0 radical (unpaired) electrons. The number of carbonyl (C=O) groups excluding carboxylic acids is 1. The van der Waals surface area contributed by atoms with E-state index in [2.05, 4.69) is 12.6 Å². The molecule has 1 aromatic heterocycles. The molecule has 2 rings (SSSR count). The molecular formula is C9H5FOS2. The van der Waals surface area contributed by atoms with Crippen LogP contribution in [-0.4, -0.2) is 6.29 Å². The van der Waals surface area contributed by atoms with Crippen molar-refractivity contribution in [2.75, 3.05) is 0 Å². The first-order valence-electron chi connectivity index (χ1n) is 3.58. The quantitative estimate of drug-likeness (QED) is 0.567. The zero-order chi connectivity index (χ0) is 9.42. The minimum atomic E-state index is -0.256. The van der Waals surface area contributed by atoms with Crippen molar-refractivity contribution >= 4 is 40.3 Å². The molecule has 0 aliphatic carbocycles. The van der Waals surface area contributed by atoms with E-state index in [0.29, 0.717) is 10.5 Å². The number of fused-ring (bicyclic) bond motifs is 1. The van der Waals surface area contributed by atoms with Gasteiger partial charge in [0.2, 0.25) is 0 Å². The summed E-state index contributed by atoms with van der Waals surface area (Å²) < 4.78 is 13.6. The Morgan fingerprint density at radius 2 is 2.15 bits per heavy atom. The Morgan fingerprint density at radius 1 is 1.38 bits per heavy atom. The minimum Gasteiger partial charge on any atom is -0.298 e. The molecule has 0 aliphatic heterocycles. The van der Waals surface area contributed by atoms with Crippen molar-refractivity contribution in [2.24, 2.45) is 0 Å². The van der Waals surface area contributed by atoms with E-state index >= 15 is 0 Å². The average molecular weight is 212 g/mol. The van der Waals surface area contributed by atoms with Crippen LogP contribution in [0, 0.1) is 5.13 Å². The molecule has 0 saturated carbocycles. The molecule has 4 heteroatoms. The lowest BCUT2D eigenvalue weighted by atomic mass is 10.2.